The second-order valence-corrected chi connectivity index (χ2v) is 4.91. The van der Waals surface area contributed by atoms with E-state index in [0.717, 1.165) is 18.9 Å². The number of carbonyl (C=O) groups is 1. The van der Waals surface area contributed by atoms with Crippen molar-refractivity contribution in [1.82, 2.24) is 4.90 Å². The van der Waals surface area contributed by atoms with Gasteiger partial charge in [-0.25, -0.2) is 0 Å². The largest absolute Gasteiger partial charge is 0.342 e. The van der Waals surface area contributed by atoms with Crippen molar-refractivity contribution in [2.75, 3.05) is 13.6 Å². The summed E-state index contributed by atoms with van der Waals surface area (Å²) in [6.07, 6.45) is 9.03. The third-order valence-electron chi connectivity index (χ3n) is 2.83. The summed E-state index contributed by atoms with van der Waals surface area (Å²) in [5.74, 6) is 0.858. The zero-order chi connectivity index (χ0) is 12.4. The highest BCUT2D eigenvalue weighted by Crippen LogP contribution is 2.10. The molecule has 0 aromatic carbocycles. The number of nitrogens with zero attached hydrogens (tertiary/aromatic N) is 1. The molecule has 0 atom stereocenters. The Bertz CT molecular complexity index is 199. The van der Waals surface area contributed by atoms with E-state index in [9.17, 15) is 4.79 Å². The Morgan fingerprint density at radius 3 is 2.31 bits per heavy atom. The number of hydrogen-bond donors (Lipinski definition) is 0. The van der Waals surface area contributed by atoms with E-state index in [-0.39, 0.29) is 5.91 Å². The number of rotatable bonds is 9. The number of likely N-dealkylation sites (N-methyl/N-ethyl adjacent to an activating group) is 1. The molecule has 0 bridgehead atoms. The third-order valence-corrected chi connectivity index (χ3v) is 2.83. The van der Waals surface area contributed by atoms with Gasteiger partial charge in [0.05, 0.1) is 0 Å². The van der Waals surface area contributed by atoms with Gasteiger partial charge in [0.2, 0.25) is 5.91 Å². The molecule has 94 valence electrons. The Labute approximate surface area is 101 Å². The van der Waals surface area contributed by atoms with Crippen LogP contribution in [0.25, 0.3) is 0 Å². The summed E-state index contributed by atoms with van der Waals surface area (Å²) in [5.41, 5.74) is 0. The fraction of sp³-hybridized carbons (Fsp3) is 0.786. The van der Waals surface area contributed by atoms with E-state index in [0.29, 0.717) is 0 Å². The highest BCUT2D eigenvalue weighted by molar-refractivity contribution is 5.86. The van der Waals surface area contributed by atoms with Crippen molar-refractivity contribution < 1.29 is 4.79 Å². The van der Waals surface area contributed by atoms with E-state index in [1.54, 1.807) is 4.90 Å². The van der Waals surface area contributed by atoms with Crippen LogP contribution in [0.3, 0.4) is 0 Å². The molecule has 0 unspecified atom stereocenters. The van der Waals surface area contributed by atoms with Crippen molar-refractivity contribution in [1.29, 1.82) is 0 Å². The van der Waals surface area contributed by atoms with Crippen molar-refractivity contribution in [3.05, 3.63) is 12.7 Å². The number of carbonyl (C=O) groups excluding carboxylic acids is 1. The standard InChI is InChI=1S/C14H27NO/c1-5-14(16)15(4)12-10-8-6-7-9-11-13(2)3/h5,13H,1,6-12H2,2-4H3. The SMILES string of the molecule is C=CC(=O)N(C)CCCCCCCC(C)C. The first kappa shape index (κ1) is 15.2. The van der Waals surface area contributed by atoms with Crippen molar-refractivity contribution in [3.63, 3.8) is 0 Å². The van der Waals surface area contributed by atoms with Crippen LogP contribution in [0.2, 0.25) is 0 Å². The lowest BCUT2D eigenvalue weighted by Gasteiger charge is -2.14. The van der Waals surface area contributed by atoms with Gasteiger partial charge < -0.3 is 4.90 Å². The Kier molecular flexibility index (Phi) is 8.97. The summed E-state index contributed by atoms with van der Waals surface area (Å²) < 4.78 is 0. The molecule has 0 aromatic rings. The fourth-order valence-electron chi connectivity index (χ4n) is 1.70. The van der Waals surface area contributed by atoms with Crippen LogP contribution in [0.4, 0.5) is 0 Å². The second kappa shape index (κ2) is 9.44. The molecule has 1 amide bonds. The maximum atomic E-state index is 11.2. The molecule has 2 nitrogen and oxygen atoms in total. The van der Waals surface area contributed by atoms with Crippen molar-refractivity contribution in [2.45, 2.75) is 52.4 Å². The molecule has 0 N–H and O–H groups in total. The van der Waals surface area contributed by atoms with Gasteiger partial charge in [0, 0.05) is 13.6 Å². The monoisotopic (exact) mass is 225 g/mol. The minimum absolute atomic E-state index is 0.0276. The molecule has 0 radical (unpaired) electrons. The van der Waals surface area contributed by atoms with E-state index in [1.807, 2.05) is 7.05 Å². The molecule has 0 aromatic heterocycles. The molecule has 0 aliphatic carbocycles. The molecular weight excluding hydrogens is 198 g/mol. The van der Waals surface area contributed by atoms with Crippen LogP contribution in [-0.2, 0) is 4.79 Å². The summed E-state index contributed by atoms with van der Waals surface area (Å²) in [4.78, 5) is 12.9. The highest BCUT2D eigenvalue weighted by atomic mass is 16.2. The second-order valence-electron chi connectivity index (χ2n) is 4.91. The molecule has 0 rings (SSSR count). The minimum atomic E-state index is 0.0276. The van der Waals surface area contributed by atoms with Crippen LogP contribution < -0.4 is 0 Å². The van der Waals surface area contributed by atoms with Gasteiger partial charge in [0.15, 0.2) is 0 Å². The molecular formula is C14H27NO. The van der Waals surface area contributed by atoms with Crippen LogP contribution in [0.1, 0.15) is 52.4 Å². The summed E-state index contributed by atoms with van der Waals surface area (Å²) in [5, 5.41) is 0. The van der Waals surface area contributed by atoms with E-state index in [1.165, 1.54) is 38.2 Å². The van der Waals surface area contributed by atoms with E-state index in [2.05, 4.69) is 20.4 Å². The van der Waals surface area contributed by atoms with Gasteiger partial charge in [0.1, 0.15) is 0 Å². The molecule has 16 heavy (non-hydrogen) atoms. The Morgan fingerprint density at radius 1 is 1.19 bits per heavy atom. The van der Waals surface area contributed by atoms with Crippen LogP contribution in [0, 0.1) is 5.92 Å². The highest BCUT2D eigenvalue weighted by Gasteiger charge is 2.02. The molecule has 0 heterocycles. The van der Waals surface area contributed by atoms with Crippen LogP contribution in [0.5, 0.6) is 0 Å². The smallest absolute Gasteiger partial charge is 0.245 e. The maximum absolute atomic E-state index is 11.2. The first-order chi connectivity index (χ1) is 7.57. The van der Waals surface area contributed by atoms with Gasteiger partial charge >= 0.3 is 0 Å². The normalized spacial score (nSPS) is 10.5. The average molecular weight is 225 g/mol. The lowest BCUT2D eigenvalue weighted by molar-refractivity contribution is -0.124. The Balaban J connectivity index is 3.27. The number of unbranched alkanes of at least 4 members (excludes halogenated alkanes) is 4. The topological polar surface area (TPSA) is 20.3 Å². The lowest BCUT2D eigenvalue weighted by Crippen LogP contribution is -2.25. The maximum Gasteiger partial charge on any atom is 0.245 e. The molecule has 0 aliphatic rings. The molecule has 0 saturated carbocycles. The van der Waals surface area contributed by atoms with Crippen molar-refractivity contribution in [2.24, 2.45) is 5.92 Å². The van der Waals surface area contributed by atoms with Crippen LogP contribution >= 0.6 is 0 Å². The van der Waals surface area contributed by atoms with Gasteiger partial charge in [-0.2, -0.15) is 0 Å². The van der Waals surface area contributed by atoms with Gasteiger partial charge in [0.25, 0.3) is 0 Å². The van der Waals surface area contributed by atoms with Gasteiger partial charge in [-0.1, -0.05) is 52.5 Å². The summed E-state index contributed by atoms with van der Waals surface area (Å²) in [6, 6.07) is 0. The fourth-order valence-corrected chi connectivity index (χ4v) is 1.70. The molecule has 0 saturated heterocycles. The van der Waals surface area contributed by atoms with Gasteiger partial charge in [-0.15, -0.1) is 0 Å². The summed E-state index contributed by atoms with van der Waals surface area (Å²) in [6.45, 7) is 8.88. The van der Waals surface area contributed by atoms with Crippen molar-refractivity contribution >= 4 is 5.91 Å². The summed E-state index contributed by atoms with van der Waals surface area (Å²) in [7, 11) is 1.84. The molecule has 0 fully saturated rings. The van der Waals surface area contributed by atoms with Crippen LogP contribution in [-0.4, -0.2) is 24.4 Å². The van der Waals surface area contributed by atoms with Gasteiger partial charge in [-0.3, -0.25) is 4.79 Å². The van der Waals surface area contributed by atoms with E-state index >= 15 is 0 Å². The first-order valence-electron chi connectivity index (χ1n) is 6.45. The Hall–Kier alpha value is -0.790. The molecule has 0 aliphatic heterocycles. The quantitative estimate of drug-likeness (QED) is 0.433. The zero-order valence-electron chi connectivity index (χ0n) is 11.2. The third kappa shape index (κ3) is 8.51. The lowest BCUT2D eigenvalue weighted by atomic mass is 10.0. The average Bonchev–Trinajstić information content (AvgIpc) is 2.25. The minimum Gasteiger partial charge on any atom is -0.342 e. The molecule has 0 spiro atoms. The van der Waals surface area contributed by atoms with Crippen LogP contribution in [0.15, 0.2) is 12.7 Å². The van der Waals surface area contributed by atoms with E-state index in [4.69, 9.17) is 0 Å². The van der Waals surface area contributed by atoms with Gasteiger partial charge in [-0.05, 0) is 18.4 Å². The van der Waals surface area contributed by atoms with E-state index < -0.39 is 0 Å². The zero-order valence-corrected chi connectivity index (χ0v) is 11.2. The Morgan fingerprint density at radius 2 is 1.75 bits per heavy atom. The summed E-state index contributed by atoms with van der Waals surface area (Å²) >= 11 is 0. The predicted molar refractivity (Wildman–Crippen MR) is 70.4 cm³/mol. The predicted octanol–water partition coefficient (Wildman–Crippen LogP) is 3.63. The molecule has 2 heteroatoms. The number of amides is 1. The first-order valence-corrected chi connectivity index (χ1v) is 6.45. The van der Waals surface area contributed by atoms with Crippen molar-refractivity contribution in [3.8, 4) is 0 Å². The number of hydrogen-bond acceptors (Lipinski definition) is 1.